The number of ether oxygens (including phenoxy) is 1. The van der Waals surface area contributed by atoms with Crippen LogP contribution < -0.4 is 5.56 Å². The highest BCUT2D eigenvalue weighted by Gasteiger charge is 2.20. The van der Waals surface area contributed by atoms with Crippen LogP contribution in [0.5, 0.6) is 0 Å². The van der Waals surface area contributed by atoms with E-state index in [-0.39, 0.29) is 18.8 Å². The fourth-order valence-electron chi connectivity index (χ4n) is 3.65. The molecule has 2 aromatic rings. The molecule has 1 aliphatic carbocycles. The molecule has 0 aliphatic heterocycles. The van der Waals surface area contributed by atoms with E-state index in [0.717, 1.165) is 42.4 Å². The van der Waals surface area contributed by atoms with Crippen molar-refractivity contribution in [2.75, 3.05) is 26.3 Å². The predicted octanol–water partition coefficient (Wildman–Crippen LogP) is 2.09. The Morgan fingerprint density at radius 3 is 3.04 bits per heavy atom. The number of aryl methyl sites for hydroxylation is 2. The quantitative estimate of drug-likeness (QED) is 0.507. The van der Waals surface area contributed by atoms with Crippen LogP contribution in [0.4, 0.5) is 0 Å². The standard InChI is InChI=1S/C20H27N3O3S/c1-3-9-23(11-14(24)13-26-10-4-2)12-17-21-19(25)18-15-7-5-6-8-16(15)27-20(18)22-17/h2,14,24H,3,5-13H2,1H3,(H,21,22,25). The molecular weight excluding hydrogens is 362 g/mol. The number of thiophene rings is 1. The van der Waals surface area contributed by atoms with Crippen LogP contribution in [0.3, 0.4) is 0 Å². The van der Waals surface area contributed by atoms with Crippen molar-refractivity contribution in [2.24, 2.45) is 0 Å². The molecule has 2 N–H and O–H groups in total. The Morgan fingerprint density at radius 1 is 1.44 bits per heavy atom. The molecule has 6 nitrogen and oxygen atoms in total. The van der Waals surface area contributed by atoms with E-state index in [2.05, 4.69) is 22.7 Å². The van der Waals surface area contributed by atoms with Crippen LogP contribution in [0.2, 0.25) is 0 Å². The molecule has 0 radical (unpaired) electrons. The summed E-state index contributed by atoms with van der Waals surface area (Å²) in [5.74, 6) is 3.04. The minimum absolute atomic E-state index is 0.0382. The summed E-state index contributed by atoms with van der Waals surface area (Å²) < 4.78 is 5.21. The van der Waals surface area contributed by atoms with E-state index in [1.165, 1.54) is 16.9 Å². The summed E-state index contributed by atoms with van der Waals surface area (Å²) in [6.07, 6.45) is 9.83. The van der Waals surface area contributed by atoms with Crippen molar-refractivity contribution in [1.82, 2.24) is 14.9 Å². The third-order valence-corrected chi connectivity index (χ3v) is 5.94. The first-order chi connectivity index (χ1) is 13.1. The zero-order valence-electron chi connectivity index (χ0n) is 15.8. The highest BCUT2D eigenvalue weighted by atomic mass is 32.1. The van der Waals surface area contributed by atoms with Gasteiger partial charge in [0.15, 0.2) is 0 Å². The van der Waals surface area contributed by atoms with Crippen LogP contribution in [0.1, 0.15) is 42.5 Å². The van der Waals surface area contributed by atoms with E-state index in [1.54, 1.807) is 11.3 Å². The van der Waals surface area contributed by atoms with Gasteiger partial charge in [-0.25, -0.2) is 4.98 Å². The van der Waals surface area contributed by atoms with Crippen LogP contribution in [-0.4, -0.2) is 52.4 Å². The van der Waals surface area contributed by atoms with Crippen molar-refractivity contribution in [3.8, 4) is 12.3 Å². The number of terminal acetylenes is 1. The minimum Gasteiger partial charge on any atom is -0.389 e. The van der Waals surface area contributed by atoms with Crippen molar-refractivity contribution in [2.45, 2.75) is 51.7 Å². The number of aromatic amines is 1. The first-order valence-corrected chi connectivity index (χ1v) is 10.4. The average molecular weight is 390 g/mol. The molecule has 0 saturated heterocycles. The molecule has 0 bridgehead atoms. The fourth-order valence-corrected chi connectivity index (χ4v) is 4.93. The molecule has 1 atom stereocenters. The average Bonchev–Trinajstić information content (AvgIpc) is 3.00. The van der Waals surface area contributed by atoms with Gasteiger partial charge in [0.1, 0.15) is 17.3 Å². The van der Waals surface area contributed by atoms with E-state index >= 15 is 0 Å². The number of nitrogens with zero attached hydrogens (tertiary/aromatic N) is 2. The Bertz CT molecular complexity index is 868. The van der Waals surface area contributed by atoms with Gasteiger partial charge in [0.05, 0.1) is 24.6 Å². The summed E-state index contributed by atoms with van der Waals surface area (Å²) >= 11 is 1.66. The summed E-state index contributed by atoms with van der Waals surface area (Å²) in [5, 5.41) is 10.9. The van der Waals surface area contributed by atoms with Gasteiger partial charge in [-0.2, -0.15) is 0 Å². The van der Waals surface area contributed by atoms with Crippen LogP contribution in [0.15, 0.2) is 4.79 Å². The van der Waals surface area contributed by atoms with E-state index < -0.39 is 6.10 Å². The SMILES string of the molecule is C#CCOCC(O)CN(CCC)Cc1nc2sc3c(c2c(=O)[nH]1)CCCC3. The Balaban J connectivity index is 1.75. The molecule has 146 valence electrons. The number of H-pyrrole nitrogens is 1. The predicted molar refractivity (Wildman–Crippen MR) is 108 cm³/mol. The number of nitrogens with one attached hydrogen (secondary N) is 1. The number of hydrogen-bond acceptors (Lipinski definition) is 6. The lowest BCUT2D eigenvalue weighted by atomic mass is 9.97. The monoisotopic (exact) mass is 389 g/mol. The van der Waals surface area contributed by atoms with Crippen molar-refractivity contribution in [3.63, 3.8) is 0 Å². The maximum Gasteiger partial charge on any atom is 0.259 e. The second kappa shape index (κ2) is 9.47. The molecule has 0 amide bonds. The minimum atomic E-state index is -0.630. The first kappa shape index (κ1) is 20.0. The Labute approximate surface area is 163 Å². The molecule has 0 fully saturated rings. The first-order valence-electron chi connectivity index (χ1n) is 9.57. The van der Waals surface area contributed by atoms with Crippen molar-refractivity contribution in [3.05, 3.63) is 26.6 Å². The maximum absolute atomic E-state index is 12.7. The highest BCUT2D eigenvalue weighted by Crippen LogP contribution is 2.33. The molecule has 1 unspecified atom stereocenters. The molecule has 7 heteroatoms. The molecule has 2 aromatic heterocycles. The molecule has 0 aromatic carbocycles. The van der Waals surface area contributed by atoms with Gasteiger partial charge in [0, 0.05) is 11.4 Å². The molecule has 27 heavy (non-hydrogen) atoms. The number of aliphatic hydroxyl groups excluding tert-OH is 1. The van der Waals surface area contributed by atoms with Crippen LogP contribution in [-0.2, 0) is 24.1 Å². The molecule has 0 spiro atoms. The topological polar surface area (TPSA) is 78.5 Å². The lowest BCUT2D eigenvalue weighted by Gasteiger charge is -2.23. The third kappa shape index (κ3) is 4.96. The summed E-state index contributed by atoms with van der Waals surface area (Å²) in [6.45, 7) is 4.22. The van der Waals surface area contributed by atoms with Gasteiger partial charge in [-0.3, -0.25) is 9.69 Å². The molecule has 1 aliphatic rings. The van der Waals surface area contributed by atoms with Crippen LogP contribution >= 0.6 is 11.3 Å². The fraction of sp³-hybridized carbons (Fsp3) is 0.600. The summed E-state index contributed by atoms with van der Waals surface area (Å²) in [7, 11) is 0. The second-order valence-corrected chi connectivity index (χ2v) is 8.10. The third-order valence-electron chi connectivity index (χ3n) is 4.75. The lowest BCUT2D eigenvalue weighted by Crippen LogP contribution is -2.36. The summed E-state index contributed by atoms with van der Waals surface area (Å²) in [5.41, 5.74) is 1.16. The van der Waals surface area contributed by atoms with Gasteiger partial charge >= 0.3 is 0 Å². The maximum atomic E-state index is 12.7. The number of aliphatic hydroxyl groups is 1. The molecular formula is C20H27N3O3S. The largest absolute Gasteiger partial charge is 0.389 e. The highest BCUT2D eigenvalue weighted by molar-refractivity contribution is 7.18. The van der Waals surface area contributed by atoms with Crippen LogP contribution in [0.25, 0.3) is 10.2 Å². The summed E-state index contributed by atoms with van der Waals surface area (Å²) in [6, 6.07) is 0. The molecule has 2 heterocycles. The van der Waals surface area contributed by atoms with Gasteiger partial charge in [0.2, 0.25) is 0 Å². The summed E-state index contributed by atoms with van der Waals surface area (Å²) in [4.78, 5) is 24.6. The van der Waals surface area contributed by atoms with E-state index in [1.807, 2.05) is 0 Å². The molecule has 3 rings (SSSR count). The lowest BCUT2D eigenvalue weighted by molar-refractivity contribution is 0.0256. The normalized spacial score (nSPS) is 15.0. The van der Waals surface area contributed by atoms with Crippen molar-refractivity contribution >= 4 is 21.6 Å². The number of hydrogen-bond donors (Lipinski definition) is 2. The smallest absolute Gasteiger partial charge is 0.259 e. The number of fused-ring (bicyclic) bond motifs is 3. The Morgan fingerprint density at radius 2 is 2.26 bits per heavy atom. The zero-order valence-corrected chi connectivity index (χ0v) is 16.6. The van der Waals surface area contributed by atoms with E-state index in [9.17, 15) is 9.90 Å². The van der Waals surface area contributed by atoms with Crippen molar-refractivity contribution in [1.29, 1.82) is 0 Å². The van der Waals surface area contributed by atoms with Crippen molar-refractivity contribution < 1.29 is 9.84 Å². The second-order valence-electron chi connectivity index (χ2n) is 7.01. The van der Waals surface area contributed by atoms with Crippen LogP contribution in [0, 0.1) is 12.3 Å². The van der Waals surface area contributed by atoms with Gasteiger partial charge in [-0.15, -0.1) is 17.8 Å². The van der Waals surface area contributed by atoms with Gasteiger partial charge in [0.25, 0.3) is 5.56 Å². The zero-order chi connectivity index (χ0) is 19.2. The Kier molecular flexibility index (Phi) is 7.02. The van der Waals surface area contributed by atoms with E-state index in [4.69, 9.17) is 16.1 Å². The number of rotatable bonds is 9. The number of aromatic nitrogens is 2. The van der Waals surface area contributed by atoms with Gasteiger partial charge in [-0.05, 0) is 44.2 Å². The van der Waals surface area contributed by atoms with E-state index in [0.29, 0.717) is 18.9 Å². The van der Waals surface area contributed by atoms with Gasteiger partial charge < -0.3 is 14.8 Å². The van der Waals surface area contributed by atoms with Gasteiger partial charge in [-0.1, -0.05) is 12.8 Å². The Hall–Kier alpha value is -1.72. The molecule has 0 saturated carbocycles.